The Hall–Kier alpha value is -1.68. The highest BCUT2D eigenvalue weighted by Crippen LogP contribution is 2.06. The summed E-state index contributed by atoms with van der Waals surface area (Å²) in [7, 11) is 0. The summed E-state index contributed by atoms with van der Waals surface area (Å²) < 4.78 is 2.00. The number of nitrogens with one attached hydrogen (secondary N) is 1. The highest BCUT2D eigenvalue weighted by Gasteiger charge is 2.11. The molecule has 2 rings (SSSR count). The van der Waals surface area contributed by atoms with Gasteiger partial charge in [-0.1, -0.05) is 30.3 Å². The lowest BCUT2D eigenvalue weighted by molar-refractivity contribution is 0.406. The van der Waals surface area contributed by atoms with E-state index < -0.39 is 0 Å². The van der Waals surface area contributed by atoms with E-state index >= 15 is 0 Å². The number of aromatic nitrogens is 3. The second-order valence-electron chi connectivity index (χ2n) is 6.09. The number of hydrogen-bond acceptors (Lipinski definition) is 3. The molecular formula is C16H24N4. The van der Waals surface area contributed by atoms with Crippen LogP contribution >= 0.6 is 0 Å². The van der Waals surface area contributed by atoms with Crippen molar-refractivity contribution in [2.24, 2.45) is 0 Å². The molecule has 0 aliphatic rings. The maximum absolute atomic E-state index is 4.33. The molecule has 0 spiro atoms. The average molecular weight is 272 g/mol. The summed E-state index contributed by atoms with van der Waals surface area (Å²) in [6.07, 6.45) is 3.80. The van der Waals surface area contributed by atoms with Gasteiger partial charge < -0.3 is 5.32 Å². The Morgan fingerprint density at radius 2 is 1.90 bits per heavy atom. The molecule has 0 atom stereocenters. The molecule has 1 aromatic carbocycles. The molecule has 0 saturated carbocycles. The van der Waals surface area contributed by atoms with Gasteiger partial charge in [-0.05, 0) is 39.2 Å². The number of nitrogens with zero attached hydrogens (tertiary/aromatic N) is 3. The second-order valence-corrected chi connectivity index (χ2v) is 6.09. The normalized spacial score (nSPS) is 11.8. The molecule has 108 valence electrons. The smallest absolute Gasteiger partial charge is 0.140 e. The molecule has 0 saturated heterocycles. The van der Waals surface area contributed by atoms with Crippen LogP contribution in [0.2, 0.25) is 0 Å². The standard InChI is InChI=1S/C16H24N4/c1-16(2,3)18-12-15-17-13-19-20(15)11-7-10-14-8-5-4-6-9-14/h4-6,8-9,13,18H,7,10-12H2,1-3H3. The van der Waals surface area contributed by atoms with Gasteiger partial charge in [-0.15, -0.1) is 0 Å². The summed E-state index contributed by atoms with van der Waals surface area (Å²) in [4.78, 5) is 4.33. The molecule has 0 aliphatic heterocycles. The maximum atomic E-state index is 4.33. The molecule has 1 N–H and O–H groups in total. The van der Waals surface area contributed by atoms with E-state index in [4.69, 9.17) is 0 Å². The quantitative estimate of drug-likeness (QED) is 0.879. The van der Waals surface area contributed by atoms with Crippen LogP contribution in [0.5, 0.6) is 0 Å². The molecule has 4 nitrogen and oxygen atoms in total. The molecule has 0 aliphatic carbocycles. The number of rotatable bonds is 6. The Kier molecular flexibility index (Phi) is 4.90. The largest absolute Gasteiger partial charge is 0.305 e. The van der Waals surface area contributed by atoms with Gasteiger partial charge in [0.15, 0.2) is 0 Å². The van der Waals surface area contributed by atoms with Gasteiger partial charge in [0.25, 0.3) is 0 Å². The Labute approximate surface area is 121 Å². The minimum absolute atomic E-state index is 0.0980. The van der Waals surface area contributed by atoms with Crippen molar-refractivity contribution in [3.05, 3.63) is 48.0 Å². The topological polar surface area (TPSA) is 42.7 Å². The summed E-state index contributed by atoms with van der Waals surface area (Å²) in [6.45, 7) is 8.14. The third-order valence-electron chi connectivity index (χ3n) is 3.15. The van der Waals surface area contributed by atoms with E-state index in [-0.39, 0.29) is 5.54 Å². The molecular weight excluding hydrogens is 248 g/mol. The third-order valence-corrected chi connectivity index (χ3v) is 3.15. The lowest BCUT2D eigenvalue weighted by Crippen LogP contribution is -2.36. The van der Waals surface area contributed by atoms with E-state index in [1.807, 2.05) is 4.68 Å². The fourth-order valence-corrected chi connectivity index (χ4v) is 2.03. The van der Waals surface area contributed by atoms with Crippen LogP contribution in [0.3, 0.4) is 0 Å². The Morgan fingerprint density at radius 3 is 2.60 bits per heavy atom. The molecule has 0 unspecified atom stereocenters. The SMILES string of the molecule is CC(C)(C)NCc1ncnn1CCCc1ccccc1. The summed E-state index contributed by atoms with van der Waals surface area (Å²) in [5.41, 5.74) is 1.47. The monoisotopic (exact) mass is 272 g/mol. The average Bonchev–Trinajstić information content (AvgIpc) is 2.84. The molecule has 1 heterocycles. The molecule has 0 amide bonds. The first kappa shape index (κ1) is 14.7. The highest BCUT2D eigenvalue weighted by molar-refractivity contribution is 5.14. The van der Waals surface area contributed by atoms with Gasteiger partial charge >= 0.3 is 0 Å². The predicted octanol–water partition coefficient (Wildman–Crippen LogP) is 2.80. The fourth-order valence-electron chi connectivity index (χ4n) is 2.03. The second kappa shape index (κ2) is 6.66. The van der Waals surface area contributed by atoms with E-state index in [0.29, 0.717) is 0 Å². The summed E-state index contributed by atoms with van der Waals surface area (Å²) in [6, 6.07) is 10.6. The molecule has 2 aromatic rings. The maximum Gasteiger partial charge on any atom is 0.140 e. The van der Waals surface area contributed by atoms with Crippen LogP contribution < -0.4 is 5.32 Å². The van der Waals surface area contributed by atoms with Gasteiger partial charge in [0.2, 0.25) is 0 Å². The van der Waals surface area contributed by atoms with Crippen molar-refractivity contribution in [1.82, 2.24) is 20.1 Å². The molecule has 0 fully saturated rings. The summed E-state index contributed by atoms with van der Waals surface area (Å²) >= 11 is 0. The van der Waals surface area contributed by atoms with Crippen LogP contribution in [0.1, 0.15) is 38.6 Å². The van der Waals surface area contributed by atoms with E-state index in [2.05, 4.69) is 66.5 Å². The minimum atomic E-state index is 0.0980. The first-order valence-corrected chi connectivity index (χ1v) is 7.20. The Morgan fingerprint density at radius 1 is 1.15 bits per heavy atom. The first-order valence-electron chi connectivity index (χ1n) is 7.20. The van der Waals surface area contributed by atoms with E-state index in [9.17, 15) is 0 Å². The van der Waals surface area contributed by atoms with Gasteiger partial charge in [0, 0.05) is 12.1 Å². The number of aryl methyl sites for hydroxylation is 2. The predicted molar refractivity (Wildman–Crippen MR) is 81.4 cm³/mol. The van der Waals surface area contributed by atoms with Crippen molar-refractivity contribution < 1.29 is 0 Å². The zero-order valence-corrected chi connectivity index (χ0v) is 12.6. The van der Waals surface area contributed by atoms with Crippen molar-refractivity contribution in [2.75, 3.05) is 0 Å². The van der Waals surface area contributed by atoms with Gasteiger partial charge in [-0.2, -0.15) is 5.10 Å². The minimum Gasteiger partial charge on any atom is -0.305 e. The Bertz CT molecular complexity index is 511. The van der Waals surface area contributed by atoms with E-state index in [0.717, 1.165) is 31.8 Å². The van der Waals surface area contributed by atoms with Crippen LogP contribution in [0.4, 0.5) is 0 Å². The third kappa shape index (κ3) is 4.78. The molecule has 0 bridgehead atoms. The van der Waals surface area contributed by atoms with Crippen LogP contribution in [-0.4, -0.2) is 20.3 Å². The van der Waals surface area contributed by atoms with Gasteiger partial charge in [0.05, 0.1) is 6.54 Å². The Balaban J connectivity index is 1.83. The lowest BCUT2D eigenvalue weighted by atomic mass is 10.1. The fraction of sp³-hybridized carbons (Fsp3) is 0.500. The van der Waals surface area contributed by atoms with Crippen molar-refractivity contribution in [1.29, 1.82) is 0 Å². The van der Waals surface area contributed by atoms with Crippen molar-refractivity contribution in [3.63, 3.8) is 0 Å². The molecule has 0 radical (unpaired) electrons. The van der Waals surface area contributed by atoms with Crippen LogP contribution in [0, 0.1) is 0 Å². The lowest BCUT2D eigenvalue weighted by Gasteiger charge is -2.20. The summed E-state index contributed by atoms with van der Waals surface area (Å²) in [5.74, 6) is 1.01. The zero-order valence-electron chi connectivity index (χ0n) is 12.6. The van der Waals surface area contributed by atoms with Gasteiger partial charge in [-0.25, -0.2) is 9.67 Å². The zero-order chi connectivity index (χ0) is 14.4. The van der Waals surface area contributed by atoms with Crippen molar-refractivity contribution in [3.8, 4) is 0 Å². The van der Waals surface area contributed by atoms with E-state index in [1.165, 1.54) is 5.56 Å². The first-order chi connectivity index (χ1) is 9.54. The van der Waals surface area contributed by atoms with Crippen LogP contribution in [0.15, 0.2) is 36.7 Å². The highest BCUT2D eigenvalue weighted by atomic mass is 15.3. The molecule has 1 aromatic heterocycles. The number of hydrogen-bond donors (Lipinski definition) is 1. The van der Waals surface area contributed by atoms with Crippen molar-refractivity contribution >= 4 is 0 Å². The van der Waals surface area contributed by atoms with Crippen molar-refractivity contribution in [2.45, 2.75) is 52.2 Å². The van der Waals surface area contributed by atoms with Gasteiger partial charge in [-0.3, -0.25) is 0 Å². The van der Waals surface area contributed by atoms with E-state index in [1.54, 1.807) is 6.33 Å². The van der Waals surface area contributed by atoms with Crippen LogP contribution in [-0.2, 0) is 19.5 Å². The van der Waals surface area contributed by atoms with Gasteiger partial charge in [0.1, 0.15) is 12.2 Å². The summed E-state index contributed by atoms with van der Waals surface area (Å²) in [5, 5.41) is 7.76. The van der Waals surface area contributed by atoms with Crippen LogP contribution in [0.25, 0.3) is 0 Å². The molecule has 20 heavy (non-hydrogen) atoms. The number of benzene rings is 1. The molecule has 4 heteroatoms.